The molecule has 0 radical (unpaired) electrons. The first-order chi connectivity index (χ1) is 17.0. The van der Waals surface area contributed by atoms with Crippen LogP contribution in [0.4, 0.5) is 26.3 Å². The highest BCUT2D eigenvalue weighted by molar-refractivity contribution is 5.82. The van der Waals surface area contributed by atoms with Gasteiger partial charge in [-0.15, -0.1) is 0 Å². The van der Waals surface area contributed by atoms with E-state index in [-0.39, 0.29) is 11.9 Å². The minimum Gasteiger partial charge on any atom is -0.475 e. The van der Waals surface area contributed by atoms with Crippen molar-refractivity contribution < 1.29 is 55.4 Å². The van der Waals surface area contributed by atoms with Gasteiger partial charge in [0.2, 0.25) is 5.91 Å². The fraction of sp³-hybridized carbons (Fsp3) is 0.682. The van der Waals surface area contributed by atoms with E-state index in [9.17, 15) is 31.1 Å². The number of furan rings is 1. The molecule has 0 spiro atoms. The number of nitrogens with zero attached hydrogens (tertiary/aromatic N) is 2. The maximum Gasteiger partial charge on any atom is 0.490 e. The van der Waals surface area contributed by atoms with Gasteiger partial charge in [0, 0.05) is 25.7 Å². The number of aliphatic carboxylic acids is 2. The van der Waals surface area contributed by atoms with Crippen LogP contribution in [0.15, 0.2) is 16.5 Å². The molecule has 9 nitrogen and oxygen atoms in total. The molecule has 210 valence electrons. The lowest BCUT2D eigenvalue weighted by molar-refractivity contribution is -0.193. The molecule has 2 saturated heterocycles. The van der Waals surface area contributed by atoms with Gasteiger partial charge in [-0.1, -0.05) is 0 Å². The second-order valence-corrected chi connectivity index (χ2v) is 9.25. The van der Waals surface area contributed by atoms with E-state index in [1.807, 2.05) is 13.0 Å². The van der Waals surface area contributed by atoms with E-state index < -0.39 is 24.3 Å². The normalized spacial score (nSPS) is 23.8. The number of carbonyl (C=O) groups is 3. The highest BCUT2D eigenvalue weighted by Gasteiger charge is 2.47. The Morgan fingerprint density at radius 3 is 1.97 bits per heavy atom. The van der Waals surface area contributed by atoms with Gasteiger partial charge < -0.3 is 19.9 Å². The van der Waals surface area contributed by atoms with Crippen molar-refractivity contribution in [1.29, 1.82) is 0 Å². The molecule has 15 heteroatoms. The molecule has 3 aliphatic rings. The fourth-order valence-electron chi connectivity index (χ4n) is 4.21. The van der Waals surface area contributed by atoms with Gasteiger partial charge in [0.1, 0.15) is 11.5 Å². The van der Waals surface area contributed by atoms with Gasteiger partial charge in [0.25, 0.3) is 0 Å². The summed E-state index contributed by atoms with van der Waals surface area (Å²) in [6.45, 7) is 5.85. The van der Waals surface area contributed by atoms with E-state index in [0.29, 0.717) is 12.0 Å². The van der Waals surface area contributed by atoms with Gasteiger partial charge in [-0.05, 0) is 57.2 Å². The summed E-state index contributed by atoms with van der Waals surface area (Å²) < 4.78 is 69.2. The molecule has 4 rings (SSSR count). The third-order valence-corrected chi connectivity index (χ3v) is 6.25. The number of carbonyl (C=O) groups excluding carboxylic acids is 1. The molecule has 1 aromatic heterocycles. The smallest absolute Gasteiger partial charge is 0.475 e. The van der Waals surface area contributed by atoms with Crippen LogP contribution < -0.4 is 5.32 Å². The van der Waals surface area contributed by atoms with Crippen LogP contribution in [0, 0.1) is 18.8 Å². The second kappa shape index (κ2) is 12.2. The predicted molar refractivity (Wildman–Crippen MR) is 115 cm³/mol. The summed E-state index contributed by atoms with van der Waals surface area (Å²) in [5, 5.41) is 17.4. The maximum absolute atomic E-state index is 12.4. The Labute approximate surface area is 208 Å². The van der Waals surface area contributed by atoms with Crippen LogP contribution in [0.1, 0.15) is 30.8 Å². The molecule has 37 heavy (non-hydrogen) atoms. The van der Waals surface area contributed by atoms with Crippen LogP contribution in [-0.2, 0) is 20.9 Å². The maximum atomic E-state index is 12.4. The zero-order chi connectivity index (χ0) is 28.1. The minimum absolute atomic E-state index is 0.0664. The summed E-state index contributed by atoms with van der Waals surface area (Å²) in [5.74, 6) is -1.90. The molecule has 1 aromatic rings. The van der Waals surface area contributed by atoms with Gasteiger partial charge in [0.15, 0.2) is 0 Å². The van der Waals surface area contributed by atoms with E-state index in [1.165, 1.54) is 12.8 Å². The van der Waals surface area contributed by atoms with E-state index in [4.69, 9.17) is 24.2 Å². The lowest BCUT2D eigenvalue weighted by Crippen LogP contribution is -2.46. The number of fused-ring (bicyclic) bond motifs is 1. The summed E-state index contributed by atoms with van der Waals surface area (Å²) in [7, 11) is 2.12. The molecule has 0 unspecified atom stereocenters. The quantitative estimate of drug-likeness (QED) is 0.483. The van der Waals surface area contributed by atoms with Gasteiger partial charge in [-0.2, -0.15) is 26.3 Å². The average Bonchev–Trinajstić information content (AvgIpc) is 3.27. The summed E-state index contributed by atoms with van der Waals surface area (Å²) >= 11 is 0. The molecule has 2 aliphatic heterocycles. The summed E-state index contributed by atoms with van der Waals surface area (Å²) in [4.78, 5) is 35.0. The molecular formula is C22H29F6N3O6. The summed E-state index contributed by atoms with van der Waals surface area (Å²) in [5.41, 5.74) is 0. The zero-order valence-corrected chi connectivity index (χ0v) is 20.1. The van der Waals surface area contributed by atoms with Crippen molar-refractivity contribution in [3.05, 3.63) is 23.7 Å². The third-order valence-electron chi connectivity index (χ3n) is 6.25. The standard InChI is InChI=1S/C18H27N3O2.2C2HF3O2/c1-12-3-6-15(23-12)10-21-9-14-7-16(20(2)17(14)11-21)18(22)19-8-13-4-5-13;2*3-2(4,5)1(6)7/h3,6,13-14,16-17H,4-5,7-11H2,1-2H3,(H,19,22);2*(H,6,7)/t14-,16+,17+;;/m0../s1. The van der Waals surface area contributed by atoms with Crippen molar-refractivity contribution in [2.24, 2.45) is 11.8 Å². The van der Waals surface area contributed by atoms with Gasteiger partial charge >= 0.3 is 24.3 Å². The number of halogens is 6. The van der Waals surface area contributed by atoms with Gasteiger partial charge in [-0.25, -0.2) is 9.59 Å². The molecule has 1 aliphatic carbocycles. The van der Waals surface area contributed by atoms with Crippen LogP contribution >= 0.6 is 0 Å². The number of hydrogen-bond donors (Lipinski definition) is 3. The van der Waals surface area contributed by atoms with E-state index >= 15 is 0 Å². The second-order valence-electron chi connectivity index (χ2n) is 9.25. The molecule has 3 atom stereocenters. The Morgan fingerprint density at radius 1 is 1.03 bits per heavy atom. The van der Waals surface area contributed by atoms with Crippen LogP contribution in [0.25, 0.3) is 0 Å². The number of amides is 1. The fourth-order valence-corrected chi connectivity index (χ4v) is 4.21. The van der Waals surface area contributed by atoms with Crippen molar-refractivity contribution in [2.75, 3.05) is 26.7 Å². The Bertz CT molecular complexity index is 922. The Balaban J connectivity index is 0.000000286. The highest BCUT2D eigenvalue weighted by atomic mass is 19.4. The molecule has 3 fully saturated rings. The largest absolute Gasteiger partial charge is 0.490 e. The van der Waals surface area contributed by atoms with Crippen molar-refractivity contribution in [2.45, 2.75) is 57.2 Å². The Hall–Kier alpha value is -2.81. The van der Waals surface area contributed by atoms with Crippen LogP contribution in [0.2, 0.25) is 0 Å². The number of likely N-dealkylation sites (N-methyl/N-ethyl adjacent to an activating group) is 1. The first kappa shape index (κ1) is 30.4. The average molecular weight is 545 g/mol. The van der Waals surface area contributed by atoms with Crippen LogP contribution in [-0.4, -0.2) is 89.0 Å². The number of carboxylic acids is 2. The number of likely N-dealkylation sites (tertiary alicyclic amines) is 2. The van der Waals surface area contributed by atoms with E-state index in [2.05, 4.69) is 28.2 Å². The summed E-state index contributed by atoms with van der Waals surface area (Å²) in [6.07, 6.45) is -6.61. The molecule has 1 saturated carbocycles. The molecule has 1 amide bonds. The number of aryl methyl sites for hydroxylation is 1. The van der Waals surface area contributed by atoms with Gasteiger partial charge in [-0.3, -0.25) is 14.6 Å². The molecule has 0 aromatic carbocycles. The monoisotopic (exact) mass is 545 g/mol. The topological polar surface area (TPSA) is 123 Å². The summed E-state index contributed by atoms with van der Waals surface area (Å²) in [6, 6.07) is 4.67. The molecule has 3 heterocycles. The number of nitrogens with one attached hydrogen (secondary N) is 1. The Morgan fingerprint density at radius 2 is 1.57 bits per heavy atom. The lowest BCUT2D eigenvalue weighted by atomic mass is 10.0. The molecular weight excluding hydrogens is 516 g/mol. The van der Waals surface area contributed by atoms with Crippen molar-refractivity contribution in [1.82, 2.24) is 15.1 Å². The van der Waals surface area contributed by atoms with Crippen LogP contribution in [0.3, 0.4) is 0 Å². The molecule has 0 bridgehead atoms. The van der Waals surface area contributed by atoms with E-state index in [0.717, 1.165) is 50.0 Å². The van der Waals surface area contributed by atoms with Crippen molar-refractivity contribution >= 4 is 17.8 Å². The van der Waals surface area contributed by atoms with Crippen molar-refractivity contribution in [3.8, 4) is 0 Å². The number of carboxylic acid groups (broad SMARTS) is 2. The number of hydrogen-bond acceptors (Lipinski definition) is 6. The Kier molecular flexibility index (Phi) is 9.99. The first-order valence-electron chi connectivity index (χ1n) is 11.4. The first-order valence-corrected chi connectivity index (χ1v) is 11.4. The van der Waals surface area contributed by atoms with Crippen LogP contribution in [0.5, 0.6) is 0 Å². The number of rotatable bonds is 5. The van der Waals surface area contributed by atoms with Crippen molar-refractivity contribution in [3.63, 3.8) is 0 Å². The molecule has 3 N–H and O–H groups in total. The third kappa shape index (κ3) is 9.54. The van der Waals surface area contributed by atoms with Gasteiger partial charge in [0.05, 0.1) is 12.6 Å². The number of alkyl halides is 6. The minimum atomic E-state index is -5.08. The predicted octanol–water partition coefficient (Wildman–Crippen LogP) is 2.89. The highest BCUT2D eigenvalue weighted by Crippen LogP contribution is 2.35. The zero-order valence-electron chi connectivity index (χ0n) is 20.1. The SMILES string of the molecule is Cc1ccc(CN2C[C@@H]3C[C@H](C(=O)NCC4CC4)N(C)[C@@H]3C2)o1.O=C(O)C(F)(F)F.O=C(O)C(F)(F)F. The lowest BCUT2D eigenvalue weighted by Gasteiger charge is -2.25. The van der Waals surface area contributed by atoms with E-state index in [1.54, 1.807) is 0 Å².